The first kappa shape index (κ1) is 15.5. The predicted molar refractivity (Wildman–Crippen MR) is 75.4 cm³/mol. The van der Waals surface area contributed by atoms with Crippen LogP contribution in [0.1, 0.15) is 25.8 Å². The molecule has 0 aliphatic heterocycles. The third-order valence-corrected chi connectivity index (χ3v) is 4.07. The van der Waals surface area contributed by atoms with Crippen molar-refractivity contribution in [1.82, 2.24) is 5.32 Å². The molecule has 0 aliphatic rings. The van der Waals surface area contributed by atoms with Gasteiger partial charge in [-0.2, -0.15) is 0 Å². The molecule has 0 aliphatic carbocycles. The molecule has 1 aromatic carbocycles. The van der Waals surface area contributed by atoms with Gasteiger partial charge in [0.15, 0.2) is 0 Å². The zero-order chi connectivity index (χ0) is 13.4. The van der Waals surface area contributed by atoms with Crippen LogP contribution >= 0.6 is 11.8 Å². The van der Waals surface area contributed by atoms with Crippen molar-refractivity contribution in [2.24, 2.45) is 5.92 Å². The highest BCUT2D eigenvalue weighted by Gasteiger charge is 2.10. The van der Waals surface area contributed by atoms with Gasteiger partial charge in [0.05, 0.1) is 0 Å². The van der Waals surface area contributed by atoms with Crippen LogP contribution in [0.2, 0.25) is 0 Å². The number of hydrogen-bond donors (Lipinski definition) is 2. The molecule has 1 aromatic rings. The topological polar surface area (TPSA) is 32.3 Å². The summed E-state index contributed by atoms with van der Waals surface area (Å²) in [6, 6.07) is 5.19. The molecule has 1 unspecified atom stereocenters. The lowest BCUT2D eigenvalue weighted by atomic mass is 10.2. The molecule has 0 spiro atoms. The van der Waals surface area contributed by atoms with Crippen LogP contribution in [-0.2, 0) is 6.54 Å². The lowest BCUT2D eigenvalue weighted by Crippen LogP contribution is -2.15. The second-order valence-electron chi connectivity index (χ2n) is 4.49. The van der Waals surface area contributed by atoms with E-state index in [-0.39, 0.29) is 18.3 Å². The van der Waals surface area contributed by atoms with Crippen molar-refractivity contribution in [3.63, 3.8) is 0 Å². The Kier molecular flexibility index (Phi) is 7.32. The van der Waals surface area contributed by atoms with Crippen LogP contribution in [0.15, 0.2) is 23.1 Å². The van der Waals surface area contributed by atoms with Crippen molar-refractivity contribution in [3.05, 3.63) is 29.6 Å². The molecular formula is C14H22FNOS. The van der Waals surface area contributed by atoms with Gasteiger partial charge in [0, 0.05) is 29.4 Å². The predicted octanol–water partition coefficient (Wildman–Crippen LogP) is 3.05. The lowest BCUT2D eigenvalue weighted by Gasteiger charge is -2.13. The minimum absolute atomic E-state index is 0.153. The van der Waals surface area contributed by atoms with Gasteiger partial charge in [-0.25, -0.2) is 4.39 Å². The molecule has 2 N–H and O–H groups in total. The maximum absolute atomic E-state index is 13.8. The van der Waals surface area contributed by atoms with Gasteiger partial charge in [0.2, 0.25) is 0 Å². The normalized spacial score (nSPS) is 12.7. The van der Waals surface area contributed by atoms with Crippen molar-refractivity contribution < 1.29 is 9.50 Å². The third kappa shape index (κ3) is 4.96. The fourth-order valence-corrected chi connectivity index (χ4v) is 2.61. The first-order chi connectivity index (χ1) is 8.69. The molecular weight excluding hydrogens is 249 g/mol. The summed E-state index contributed by atoms with van der Waals surface area (Å²) in [7, 11) is 0. The summed E-state index contributed by atoms with van der Waals surface area (Å²) in [6.07, 6.45) is 1.04. The number of halogens is 1. The van der Waals surface area contributed by atoms with Gasteiger partial charge in [0.1, 0.15) is 5.82 Å². The van der Waals surface area contributed by atoms with Crippen LogP contribution < -0.4 is 5.32 Å². The van der Waals surface area contributed by atoms with Crippen LogP contribution in [0.25, 0.3) is 0 Å². The Hall–Kier alpha value is -0.580. The van der Waals surface area contributed by atoms with Gasteiger partial charge in [-0.1, -0.05) is 19.9 Å². The van der Waals surface area contributed by atoms with E-state index in [0.717, 1.165) is 29.2 Å². The molecule has 0 radical (unpaired) electrons. The second kappa shape index (κ2) is 8.51. The quantitative estimate of drug-likeness (QED) is 0.563. The maximum Gasteiger partial charge on any atom is 0.128 e. The zero-order valence-corrected chi connectivity index (χ0v) is 11.9. The van der Waals surface area contributed by atoms with Crippen molar-refractivity contribution in [3.8, 4) is 0 Å². The van der Waals surface area contributed by atoms with E-state index in [1.807, 2.05) is 13.0 Å². The molecule has 0 saturated heterocycles. The summed E-state index contributed by atoms with van der Waals surface area (Å²) in [5.74, 6) is 0.885. The Balaban J connectivity index is 2.67. The Morgan fingerprint density at radius 2 is 2.22 bits per heavy atom. The van der Waals surface area contributed by atoms with Crippen molar-refractivity contribution in [2.45, 2.75) is 31.7 Å². The molecule has 0 amide bonds. The van der Waals surface area contributed by atoms with Crippen LogP contribution in [-0.4, -0.2) is 24.0 Å². The van der Waals surface area contributed by atoms with Gasteiger partial charge < -0.3 is 10.4 Å². The highest BCUT2D eigenvalue weighted by molar-refractivity contribution is 7.99. The van der Waals surface area contributed by atoms with E-state index in [2.05, 4.69) is 12.2 Å². The average molecular weight is 271 g/mol. The number of rotatable bonds is 8. The van der Waals surface area contributed by atoms with Crippen molar-refractivity contribution in [1.29, 1.82) is 0 Å². The smallest absolute Gasteiger partial charge is 0.128 e. The van der Waals surface area contributed by atoms with E-state index < -0.39 is 0 Å². The number of aliphatic hydroxyl groups excluding tert-OH is 1. The third-order valence-electron chi connectivity index (χ3n) is 2.64. The first-order valence-electron chi connectivity index (χ1n) is 6.40. The number of nitrogens with one attached hydrogen (secondary N) is 1. The van der Waals surface area contributed by atoms with Gasteiger partial charge >= 0.3 is 0 Å². The van der Waals surface area contributed by atoms with Crippen LogP contribution in [0.3, 0.4) is 0 Å². The minimum Gasteiger partial charge on any atom is -0.396 e. The molecule has 0 aromatic heterocycles. The van der Waals surface area contributed by atoms with E-state index in [1.165, 1.54) is 6.07 Å². The number of thioether (sulfide) groups is 1. The monoisotopic (exact) mass is 271 g/mol. The molecule has 1 rings (SSSR count). The Labute approximate surface area is 113 Å². The Morgan fingerprint density at radius 1 is 1.44 bits per heavy atom. The average Bonchev–Trinajstić information content (AvgIpc) is 2.38. The molecule has 102 valence electrons. The largest absolute Gasteiger partial charge is 0.396 e. The second-order valence-corrected chi connectivity index (χ2v) is 5.55. The van der Waals surface area contributed by atoms with Crippen LogP contribution in [0.5, 0.6) is 0 Å². The maximum atomic E-state index is 13.8. The fourth-order valence-electron chi connectivity index (χ4n) is 1.52. The SMILES string of the molecule is CCCNCc1c(F)cccc1SCC(C)CO. The van der Waals surface area contributed by atoms with E-state index in [4.69, 9.17) is 5.11 Å². The molecule has 1 atom stereocenters. The van der Waals surface area contributed by atoms with Gasteiger partial charge in [-0.3, -0.25) is 0 Å². The molecule has 4 heteroatoms. The summed E-state index contributed by atoms with van der Waals surface area (Å²) < 4.78 is 13.8. The molecule has 2 nitrogen and oxygen atoms in total. The summed E-state index contributed by atoms with van der Waals surface area (Å²) in [5.41, 5.74) is 0.737. The minimum atomic E-state index is -0.153. The van der Waals surface area contributed by atoms with Gasteiger partial charge in [-0.15, -0.1) is 11.8 Å². The van der Waals surface area contributed by atoms with Crippen LogP contribution in [0.4, 0.5) is 4.39 Å². The van der Waals surface area contributed by atoms with Crippen LogP contribution in [0, 0.1) is 11.7 Å². The van der Waals surface area contributed by atoms with E-state index in [1.54, 1.807) is 17.8 Å². The lowest BCUT2D eigenvalue weighted by molar-refractivity contribution is 0.250. The van der Waals surface area contributed by atoms with E-state index >= 15 is 0 Å². The van der Waals surface area contributed by atoms with E-state index in [0.29, 0.717) is 6.54 Å². The van der Waals surface area contributed by atoms with Gasteiger partial charge in [-0.05, 0) is 31.0 Å². The molecule has 0 saturated carbocycles. The van der Waals surface area contributed by atoms with E-state index in [9.17, 15) is 4.39 Å². The zero-order valence-electron chi connectivity index (χ0n) is 11.1. The summed E-state index contributed by atoms with van der Waals surface area (Å²) in [4.78, 5) is 0.971. The number of benzene rings is 1. The highest BCUT2D eigenvalue weighted by atomic mass is 32.2. The Morgan fingerprint density at radius 3 is 2.89 bits per heavy atom. The molecule has 0 heterocycles. The van der Waals surface area contributed by atoms with Crippen molar-refractivity contribution in [2.75, 3.05) is 18.9 Å². The molecule has 18 heavy (non-hydrogen) atoms. The standard InChI is InChI=1S/C14H22FNOS/c1-3-7-16-8-12-13(15)5-4-6-14(12)18-10-11(2)9-17/h4-6,11,16-17H,3,7-10H2,1-2H3. The summed E-state index contributed by atoms with van der Waals surface area (Å²) in [6.45, 7) is 5.71. The number of aliphatic hydroxyl groups is 1. The molecule has 0 fully saturated rings. The van der Waals surface area contributed by atoms with Gasteiger partial charge in [0.25, 0.3) is 0 Å². The first-order valence-corrected chi connectivity index (χ1v) is 7.39. The highest BCUT2D eigenvalue weighted by Crippen LogP contribution is 2.26. The fraction of sp³-hybridized carbons (Fsp3) is 0.571. The number of hydrogen-bond acceptors (Lipinski definition) is 3. The summed E-state index contributed by atoms with van der Waals surface area (Å²) in [5, 5.41) is 12.2. The van der Waals surface area contributed by atoms with Crippen molar-refractivity contribution >= 4 is 11.8 Å². The Bertz CT molecular complexity index is 360. The summed E-state index contributed by atoms with van der Waals surface area (Å²) >= 11 is 1.61. The molecule has 0 bridgehead atoms.